The largest absolute Gasteiger partial charge is 0.354 e. The number of halogens is 2. The topological polar surface area (TPSA) is 44.6 Å². The summed E-state index contributed by atoms with van der Waals surface area (Å²) in [5, 5.41) is 4.78. The van der Waals surface area contributed by atoms with Gasteiger partial charge in [0.05, 0.1) is 17.9 Å². The molecule has 2 aromatic rings. The van der Waals surface area contributed by atoms with Gasteiger partial charge in [0, 0.05) is 38.3 Å². The number of nitrogens with zero attached hydrogens (tertiary/aromatic N) is 5. The number of aromatic nitrogens is 2. The third-order valence-electron chi connectivity index (χ3n) is 5.73. The van der Waals surface area contributed by atoms with E-state index in [1.807, 2.05) is 22.6 Å². The molecular weight excluding hydrogens is 417 g/mol. The zero-order chi connectivity index (χ0) is 22.5. The maximum Gasteiger partial charge on any atom is 0.237 e. The Hall–Kier alpha value is -2.12. The lowest BCUT2D eigenvalue weighted by Gasteiger charge is -2.36. The van der Waals surface area contributed by atoms with Crippen molar-refractivity contribution in [3.63, 3.8) is 0 Å². The molecule has 0 bridgehead atoms. The van der Waals surface area contributed by atoms with Gasteiger partial charge in [-0.2, -0.15) is 5.10 Å². The van der Waals surface area contributed by atoms with Crippen molar-refractivity contribution in [3.05, 3.63) is 41.3 Å². The number of carbonyl (C=O) groups is 1. The van der Waals surface area contributed by atoms with Gasteiger partial charge in [0.2, 0.25) is 5.91 Å². The molecule has 0 spiro atoms. The van der Waals surface area contributed by atoms with Gasteiger partial charge in [-0.15, -0.1) is 11.6 Å². The van der Waals surface area contributed by atoms with Gasteiger partial charge in [-0.1, -0.05) is 26.8 Å². The number of alkyl halides is 1. The Morgan fingerprint density at radius 3 is 2.55 bits per heavy atom. The maximum absolute atomic E-state index is 14.0. The lowest BCUT2D eigenvalue weighted by atomic mass is 10.1. The molecule has 1 aromatic heterocycles. The first-order chi connectivity index (χ1) is 14.8. The summed E-state index contributed by atoms with van der Waals surface area (Å²) in [7, 11) is 0. The SMILES string of the molecule is CCN1CCN(c2c(CN(CC(C)C)C(=O)CCl)c(C)nn2-c2cccc(F)c2)CC1. The minimum atomic E-state index is -0.298. The second-order valence-corrected chi connectivity index (χ2v) is 8.77. The second-order valence-electron chi connectivity index (χ2n) is 8.50. The molecule has 0 radical (unpaired) electrons. The first-order valence-electron chi connectivity index (χ1n) is 11.0. The summed E-state index contributed by atoms with van der Waals surface area (Å²) in [6.07, 6.45) is 0. The lowest BCUT2D eigenvalue weighted by molar-refractivity contribution is -0.129. The van der Waals surface area contributed by atoms with E-state index in [1.165, 1.54) is 12.1 Å². The molecule has 1 aliphatic heterocycles. The lowest BCUT2D eigenvalue weighted by Crippen LogP contribution is -2.47. The fraction of sp³-hybridized carbons (Fsp3) is 0.565. The van der Waals surface area contributed by atoms with E-state index in [0.717, 1.165) is 49.8 Å². The standard InChI is InChI=1S/C23H33ClFN5O/c1-5-27-9-11-28(12-10-27)23-21(16-29(15-17(2)3)22(31)14-24)18(4)26-30(23)20-8-6-7-19(25)13-20/h6-8,13,17H,5,9-12,14-16H2,1-4H3. The van der Waals surface area contributed by atoms with Crippen LogP contribution < -0.4 is 4.90 Å². The molecule has 1 aromatic carbocycles. The number of hydrogen-bond acceptors (Lipinski definition) is 4. The number of benzene rings is 1. The quantitative estimate of drug-likeness (QED) is 0.576. The number of aryl methyl sites for hydroxylation is 1. The van der Waals surface area contributed by atoms with Gasteiger partial charge < -0.3 is 14.7 Å². The van der Waals surface area contributed by atoms with Crippen LogP contribution in [0, 0.1) is 18.7 Å². The highest BCUT2D eigenvalue weighted by Crippen LogP contribution is 2.30. The second kappa shape index (κ2) is 10.5. The van der Waals surface area contributed by atoms with E-state index < -0.39 is 0 Å². The summed E-state index contributed by atoms with van der Waals surface area (Å²) in [5.41, 5.74) is 2.52. The number of hydrogen-bond donors (Lipinski definition) is 0. The zero-order valence-electron chi connectivity index (χ0n) is 18.9. The van der Waals surface area contributed by atoms with Crippen LogP contribution in [0.3, 0.4) is 0 Å². The monoisotopic (exact) mass is 449 g/mol. The van der Waals surface area contributed by atoms with Crippen molar-refractivity contribution in [2.75, 3.05) is 50.0 Å². The third-order valence-corrected chi connectivity index (χ3v) is 5.96. The van der Waals surface area contributed by atoms with E-state index in [0.29, 0.717) is 24.7 Å². The van der Waals surface area contributed by atoms with E-state index in [9.17, 15) is 9.18 Å². The summed E-state index contributed by atoms with van der Waals surface area (Å²) in [5.74, 6) is 0.828. The summed E-state index contributed by atoms with van der Waals surface area (Å²) < 4.78 is 15.8. The van der Waals surface area contributed by atoms with Crippen molar-refractivity contribution in [2.24, 2.45) is 5.92 Å². The highest BCUT2D eigenvalue weighted by Gasteiger charge is 2.27. The number of piperazine rings is 1. The highest BCUT2D eigenvalue weighted by atomic mass is 35.5. The molecule has 0 aliphatic carbocycles. The van der Waals surface area contributed by atoms with Crippen molar-refractivity contribution in [1.82, 2.24) is 19.6 Å². The van der Waals surface area contributed by atoms with E-state index in [1.54, 1.807) is 6.07 Å². The first kappa shape index (κ1) is 23.5. The molecule has 2 heterocycles. The molecule has 3 rings (SSSR count). The van der Waals surface area contributed by atoms with Crippen molar-refractivity contribution in [1.29, 1.82) is 0 Å². The predicted octanol–water partition coefficient (Wildman–Crippen LogP) is 3.69. The Balaban J connectivity index is 2.04. The number of likely N-dealkylation sites (N-methyl/N-ethyl adjacent to an activating group) is 1. The normalized spacial score (nSPS) is 15.0. The number of carbonyl (C=O) groups excluding carboxylic acids is 1. The number of anilines is 1. The third kappa shape index (κ3) is 5.57. The van der Waals surface area contributed by atoms with Crippen LogP contribution in [0.25, 0.3) is 5.69 Å². The Morgan fingerprint density at radius 1 is 1.26 bits per heavy atom. The fourth-order valence-electron chi connectivity index (χ4n) is 4.09. The predicted molar refractivity (Wildman–Crippen MR) is 124 cm³/mol. The van der Waals surface area contributed by atoms with Gasteiger partial charge in [0.1, 0.15) is 17.5 Å². The van der Waals surface area contributed by atoms with Gasteiger partial charge >= 0.3 is 0 Å². The highest BCUT2D eigenvalue weighted by molar-refractivity contribution is 6.27. The number of amides is 1. The average Bonchev–Trinajstić information content (AvgIpc) is 3.08. The van der Waals surface area contributed by atoms with Crippen LogP contribution in [0.15, 0.2) is 24.3 Å². The van der Waals surface area contributed by atoms with E-state index in [-0.39, 0.29) is 17.6 Å². The van der Waals surface area contributed by atoms with Gasteiger partial charge in [0.15, 0.2) is 0 Å². The van der Waals surface area contributed by atoms with Crippen LogP contribution in [0.5, 0.6) is 0 Å². The van der Waals surface area contributed by atoms with Crippen LogP contribution in [-0.4, -0.2) is 70.6 Å². The minimum Gasteiger partial charge on any atom is -0.354 e. The van der Waals surface area contributed by atoms with Crippen LogP contribution in [0.1, 0.15) is 32.0 Å². The summed E-state index contributed by atoms with van der Waals surface area (Å²) in [6.45, 7) is 14.0. The van der Waals surface area contributed by atoms with Crippen molar-refractivity contribution >= 4 is 23.3 Å². The van der Waals surface area contributed by atoms with Gasteiger partial charge in [-0.25, -0.2) is 9.07 Å². The van der Waals surface area contributed by atoms with Crippen LogP contribution in [0.2, 0.25) is 0 Å². The molecule has 0 saturated carbocycles. The Morgan fingerprint density at radius 2 is 1.97 bits per heavy atom. The molecule has 1 fully saturated rings. The van der Waals surface area contributed by atoms with E-state index in [2.05, 4.69) is 30.6 Å². The maximum atomic E-state index is 14.0. The van der Waals surface area contributed by atoms with Crippen LogP contribution in [0.4, 0.5) is 10.2 Å². The smallest absolute Gasteiger partial charge is 0.237 e. The molecule has 1 amide bonds. The molecule has 0 N–H and O–H groups in total. The average molecular weight is 450 g/mol. The van der Waals surface area contributed by atoms with Crippen molar-refractivity contribution in [3.8, 4) is 5.69 Å². The van der Waals surface area contributed by atoms with Gasteiger partial charge in [-0.3, -0.25) is 4.79 Å². The van der Waals surface area contributed by atoms with Crippen LogP contribution in [-0.2, 0) is 11.3 Å². The Kier molecular flexibility index (Phi) is 7.94. The minimum absolute atomic E-state index is 0.0473. The van der Waals surface area contributed by atoms with E-state index >= 15 is 0 Å². The van der Waals surface area contributed by atoms with Crippen molar-refractivity contribution < 1.29 is 9.18 Å². The molecule has 6 nitrogen and oxygen atoms in total. The molecule has 0 atom stereocenters. The molecule has 0 unspecified atom stereocenters. The van der Waals surface area contributed by atoms with Crippen molar-refractivity contribution in [2.45, 2.75) is 34.2 Å². The van der Waals surface area contributed by atoms with Crippen LogP contribution >= 0.6 is 11.6 Å². The molecular formula is C23H33ClFN5O. The van der Waals surface area contributed by atoms with Gasteiger partial charge in [-0.05, 0) is 37.6 Å². The summed E-state index contributed by atoms with van der Waals surface area (Å²) in [6, 6.07) is 6.49. The van der Waals surface area contributed by atoms with E-state index in [4.69, 9.17) is 16.7 Å². The Labute approximate surface area is 189 Å². The fourth-order valence-corrected chi connectivity index (χ4v) is 4.26. The molecule has 1 saturated heterocycles. The number of rotatable bonds is 8. The molecule has 1 aliphatic rings. The summed E-state index contributed by atoms with van der Waals surface area (Å²) >= 11 is 5.91. The zero-order valence-corrected chi connectivity index (χ0v) is 19.7. The first-order valence-corrected chi connectivity index (χ1v) is 11.5. The molecule has 31 heavy (non-hydrogen) atoms. The molecule has 8 heteroatoms. The molecule has 170 valence electrons. The summed E-state index contributed by atoms with van der Waals surface area (Å²) in [4.78, 5) is 19.1. The van der Waals surface area contributed by atoms with Gasteiger partial charge in [0.25, 0.3) is 0 Å². The Bertz CT molecular complexity index is 892.